The second kappa shape index (κ2) is 9.02. The van der Waals surface area contributed by atoms with E-state index < -0.39 is 0 Å². The SMILES string of the molecule is CC(CCC=Nc1ccc(C(C)C)cc1)OC(=O)c1ccccc1. The Hall–Kier alpha value is -2.42. The highest BCUT2D eigenvalue weighted by atomic mass is 16.5. The second-order valence-corrected chi connectivity index (χ2v) is 6.22. The van der Waals surface area contributed by atoms with Gasteiger partial charge in [-0.2, -0.15) is 0 Å². The molecule has 2 aromatic carbocycles. The lowest BCUT2D eigenvalue weighted by molar-refractivity contribution is 0.0329. The van der Waals surface area contributed by atoms with E-state index in [0.717, 1.165) is 18.5 Å². The van der Waals surface area contributed by atoms with Crippen molar-refractivity contribution in [3.8, 4) is 0 Å². The first-order valence-corrected chi connectivity index (χ1v) is 8.45. The van der Waals surface area contributed by atoms with Gasteiger partial charge in [-0.3, -0.25) is 4.99 Å². The first-order valence-electron chi connectivity index (χ1n) is 8.45. The van der Waals surface area contributed by atoms with Crippen molar-refractivity contribution < 1.29 is 9.53 Å². The van der Waals surface area contributed by atoms with Crippen molar-refractivity contribution >= 4 is 17.9 Å². The highest BCUT2D eigenvalue weighted by Crippen LogP contribution is 2.18. The standard InChI is InChI=1S/C21H25NO2/c1-16(2)18-11-13-20(14-12-18)22-15-7-8-17(3)24-21(23)19-9-5-4-6-10-19/h4-6,9-17H,7-8H2,1-3H3. The smallest absolute Gasteiger partial charge is 0.338 e. The van der Waals surface area contributed by atoms with Crippen LogP contribution in [0.15, 0.2) is 59.6 Å². The van der Waals surface area contributed by atoms with Gasteiger partial charge in [0.15, 0.2) is 0 Å². The van der Waals surface area contributed by atoms with Crippen LogP contribution in [-0.4, -0.2) is 18.3 Å². The minimum Gasteiger partial charge on any atom is -0.459 e. The minimum absolute atomic E-state index is 0.132. The molecule has 24 heavy (non-hydrogen) atoms. The zero-order chi connectivity index (χ0) is 17.4. The van der Waals surface area contributed by atoms with E-state index in [1.165, 1.54) is 5.56 Å². The van der Waals surface area contributed by atoms with Crippen LogP contribution in [0.4, 0.5) is 5.69 Å². The molecule has 0 aliphatic carbocycles. The highest BCUT2D eigenvalue weighted by molar-refractivity contribution is 5.89. The van der Waals surface area contributed by atoms with Crippen molar-refractivity contribution in [2.24, 2.45) is 4.99 Å². The largest absolute Gasteiger partial charge is 0.459 e. The van der Waals surface area contributed by atoms with Gasteiger partial charge >= 0.3 is 5.97 Å². The highest BCUT2D eigenvalue weighted by Gasteiger charge is 2.10. The van der Waals surface area contributed by atoms with Crippen LogP contribution in [0.3, 0.4) is 0 Å². The Morgan fingerprint density at radius 2 is 1.71 bits per heavy atom. The second-order valence-electron chi connectivity index (χ2n) is 6.22. The fourth-order valence-electron chi connectivity index (χ4n) is 2.31. The van der Waals surface area contributed by atoms with E-state index in [0.29, 0.717) is 11.5 Å². The van der Waals surface area contributed by atoms with Crippen molar-refractivity contribution in [3.63, 3.8) is 0 Å². The molecule has 0 N–H and O–H groups in total. The molecular weight excluding hydrogens is 298 g/mol. The van der Waals surface area contributed by atoms with Gasteiger partial charge in [-0.15, -0.1) is 0 Å². The summed E-state index contributed by atoms with van der Waals surface area (Å²) >= 11 is 0. The Kier molecular flexibility index (Phi) is 6.74. The van der Waals surface area contributed by atoms with Crippen LogP contribution in [0.1, 0.15) is 55.5 Å². The summed E-state index contributed by atoms with van der Waals surface area (Å²) in [5.74, 6) is 0.257. The summed E-state index contributed by atoms with van der Waals surface area (Å²) in [5, 5.41) is 0. The molecular formula is C21H25NO2. The quantitative estimate of drug-likeness (QED) is 0.496. The van der Waals surface area contributed by atoms with Gasteiger partial charge in [-0.1, -0.05) is 44.2 Å². The van der Waals surface area contributed by atoms with Crippen LogP contribution in [0.5, 0.6) is 0 Å². The molecule has 0 saturated carbocycles. The number of nitrogens with zero attached hydrogens (tertiary/aromatic N) is 1. The maximum Gasteiger partial charge on any atom is 0.338 e. The van der Waals surface area contributed by atoms with E-state index in [9.17, 15) is 4.79 Å². The van der Waals surface area contributed by atoms with Crippen molar-refractivity contribution in [1.29, 1.82) is 0 Å². The lowest BCUT2D eigenvalue weighted by atomic mass is 10.0. The van der Waals surface area contributed by atoms with Crippen molar-refractivity contribution in [3.05, 3.63) is 65.7 Å². The van der Waals surface area contributed by atoms with E-state index in [4.69, 9.17) is 4.74 Å². The Morgan fingerprint density at radius 3 is 2.33 bits per heavy atom. The van der Waals surface area contributed by atoms with Gasteiger partial charge in [0.05, 0.1) is 17.4 Å². The Balaban J connectivity index is 1.75. The molecule has 0 amide bonds. The summed E-state index contributed by atoms with van der Waals surface area (Å²) in [4.78, 5) is 16.4. The molecule has 1 unspecified atom stereocenters. The molecule has 3 heteroatoms. The molecule has 2 aromatic rings. The molecule has 0 aliphatic rings. The summed E-state index contributed by atoms with van der Waals surface area (Å²) in [5.41, 5.74) is 2.85. The van der Waals surface area contributed by atoms with E-state index in [1.54, 1.807) is 12.1 Å². The van der Waals surface area contributed by atoms with Crippen LogP contribution in [0, 0.1) is 0 Å². The maximum absolute atomic E-state index is 11.9. The number of hydrogen-bond acceptors (Lipinski definition) is 3. The normalized spacial score (nSPS) is 12.5. The number of aliphatic imine (C=N–C) groups is 1. The molecule has 0 fully saturated rings. The average Bonchev–Trinajstić information content (AvgIpc) is 2.60. The molecule has 0 aromatic heterocycles. The average molecular weight is 323 g/mol. The maximum atomic E-state index is 11.9. The number of rotatable bonds is 7. The zero-order valence-corrected chi connectivity index (χ0v) is 14.6. The van der Waals surface area contributed by atoms with Crippen molar-refractivity contribution in [1.82, 2.24) is 0 Å². The first kappa shape index (κ1) is 17.9. The Labute approximate surface area is 144 Å². The molecule has 126 valence electrons. The number of carbonyl (C=O) groups is 1. The Morgan fingerprint density at radius 1 is 1.04 bits per heavy atom. The van der Waals surface area contributed by atoms with Crippen molar-refractivity contribution in [2.75, 3.05) is 0 Å². The topological polar surface area (TPSA) is 38.7 Å². The molecule has 0 radical (unpaired) electrons. The van der Waals surface area contributed by atoms with E-state index in [-0.39, 0.29) is 12.1 Å². The molecule has 0 spiro atoms. The number of ether oxygens (including phenoxy) is 1. The van der Waals surface area contributed by atoms with Gasteiger partial charge < -0.3 is 4.74 Å². The summed E-state index contributed by atoms with van der Waals surface area (Å²) in [6, 6.07) is 17.4. The monoisotopic (exact) mass is 323 g/mol. The third kappa shape index (κ3) is 5.65. The van der Waals surface area contributed by atoms with Gasteiger partial charge in [0.2, 0.25) is 0 Å². The fourth-order valence-corrected chi connectivity index (χ4v) is 2.31. The number of hydrogen-bond donors (Lipinski definition) is 0. The van der Waals surface area contributed by atoms with E-state index >= 15 is 0 Å². The predicted molar refractivity (Wildman–Crippen MR) is 99.2 cm³/mol. The summed E-state index contributed by atoms with van der Waals surface area (Å²) < 4.78 is 5.43. The van der Waals surface area contributed by atoms with E-state index in [1.807, 2.05) is 43.5 Å². The molecule has 0 saturated heterocycles. The first-order chi connectivity index (χ1) is 11.6. The summed E-state index contributed by atoms with van der Waals surface area (Å²) in [6.07, 6.45) is 3.28. The molecule has 0 bridgehead atoms. The van der Waals surface area contributed by atoms with Gasteiger partial charge in [0.1, 0.15) is 0 Å². The third-order valence-corrected chi connectivity index (χ3v) is 3.82. The van der Waals surface area contributed by atoms with Crippen LogP contribution < -0.4 is 0 Å². The van der Waals surface area contributed by atoms with Gasteiger partial charge in [-0.05, 0) is 55.5 Å². The molecule has 1 atom stereocenters. The molecule has 0 heterocycles. The lowest BCUT2D eigenvalue weighted by Gasteiger charge is -2.11. The van der Waals surface area contributed by atoms with Crippen molar-refractivity contribution in [2.45, 2.75) is 45.6 Å². The van der Waals surface area contributed by atoms with Crippen LogP contribution in [0.2, 0.25) is 0 Å². The number of benzene rings is 2. The van der Waals surface area contributed by atoms with Crippen LogP contribution in [-0.2, 0) is 4.74 Å². The molecule has 2 rings (SSSR count). The molecule has 3 nitrogen and oxygen atoms in total. The zero-order valence-electron chi connectivity index (χ0n) is 14.6. The summed E-state index contributed by atoms with van der Waals surface area (Å²) in [6.45, 7) is 6.26. The fraction of sp³-hybridized carbons (Fsp3) is 0.333. The van der Waals surface area contributed by atoms with Gasteiger partial charge in [0, 0.05) is 6.21 Å². The van der Waals surface area contributed by atoms with Gasteiger partial charge in [0.25, 0.3) is 0 Å². The number of carbonyl (C=O) groups excluding carboxylic acids is 1. The molecule has 0 aliphatic heterocycles. The lowest BCUT2D eigenvalue weighted by Crippen LogP contribution is -2.15. The van der Waals surface area contributed by atoms with Gasteiger partial charge in [-0.25, -0.2) is 4.79 Å². The third-order valence-electron chi connectivity index (χ3n) is 3.82. The summed E-state index contributed by atoms with van der Waals surface area (Å²) in [7, 11) is 0. The van der Waals surface area contributed by atoms with Crippen LogP contribution >= 0.6 is 0 Å². The van der Waals surface area contributed by atoms with Crippen LogP contribution in [0.25, 0.3) is 0 Å². The predicted octanol–water partition coefficient (Wildman–Crippen LogP) is 5.54. The number of esters is 1. The minimum atomic E-state index is -0.274. The van der Waals surface area contributed by atoms with E-state index in [2.05, 4.69) is 31.0 Å². The Bertz CT molecular complexity index is 660.